The zero-order valence-electron chi connectivity index (χ0n) is 14.0. The largest absolute Gasteiger partial charge is 0.425 e. The highest BCUT2D eigenvalue weighted by Gasteiger charge is 2.34. The van der Waals surface area contributed by atoms with Gasteiger partial charge in [-0.3, -0.25) is 4.79 Å². The van der Waals surface area contributed by atoms with E-state index in [-0.39, 0.29) is 17.4 Å². The van der Waals surface area contributed by atoms with Crippen LogP contribution in [0.5, 0.6) is 0 Å². The molecule has 0 unspecified atom stereocenters. The first-order chi connectivity index (χ1) is 12.4. The van der Waals surface area contributed by atoms with Crippen molar-refractivity contribution in [3.05, 3.63) is 47.2 Å². The van der Waals surface area contributed by atoms with Gasteiger partial charge in [0.2, 0.25) is 11.8 Å². The zero-order chi connectivity index (χ0) is 18.3. The van der Waals surface area contributed by atoms with E-state index >= 15 is 0 Å². The van der Waals surface area contributed by atoms with Crippen molar-refractivity contribution in [3.8, 4) is 0 Å². The molecule has 0 radical (unpaired) electrons. The lowest BCUT2D eigenvalue weighted by Gasteiger charge is -2.30. The molecule has 26 heavy (non-hydrogen) atoms. The number of benzene rings is 1. The Morgan fingerprint density at radius 3 is 2.23 bits per heavy atom. The van der Waals surface area contributed by atoms with Crippen LogP contribution in [0.25, 0.3) is 0 Å². The molecule has 5 nitrogen and oxygen atoms in total. The Morgan fingerprint density at radius 2 is 1.65 bits per heavy atom. The third kappa shape index (κ3) is 3.45. The summed E-state index contributed by atoms with van der Waals surface area (Å²) in [4.78, 5) is 14.1. The van der Waals surface area contributed by atoms with Crippen LogP contribution in [0.1, 0.15) is 65.2 Å². The molecule has 1 aromatic carbocycles. The highest BCUT2D eigenvalue weighted by atomic mass is 19.4. The first-order valence-corrected chi connectivity index (χ1v) is 8.71. The Balaban J connectivity index is 1.40. The number of carbonyl (C=O) groups excluding carboxylic acids is 1. The minimum atomic E-state index is -4.46. The highest BCUT2D eigenvalue weighted by Crippen LogP contribution is 2.40. The zero-order valence-corrected chi connectivity index (χ0v) is 14.0. The van der Waals surface area contributed by atoms with Crippen LogP contribution in [0.3, 0.4) is 0 Å². The third-order valence-electron chi connectivity index (χ3n) is 4.95. The van der Waals surface area contributed by atoms with Crippen LogP contribution in [0, 0.1) is 0 Å². The molecular weight excluding hydrogens is 347 g/mol. The molecule has 1 aliphatic heterocycles. The number of carbonyl (C=O) groups is 1. The maximum atomic E-state index is 12.8. The lowest BCUT2D eigenvalue weighted by molar-refractivity contribution is -0.137. The summed E-state index contributed by atoms with van der Waals surface area (Å²) in [6.45, 7) is 0.918. The Morgan fingerprint density at radius 1 is 1.04 bits per heavy atom. The number of likely N-dealkylation sites (tertiary alicyclic amines) is 1. The van der Waals surface area contributed by atoms with Crippen LogP contribution in [0.4, 0.5) is 13.2 Å². The number of nitrogens with zero attached hydrogens (tertiary/aromatic N) is 3. The molecule has 0 bridgehead atoms. The maximum Gasteiger partial charge on any atom is 0.416 e. The third-order valence-corrected chi connectivity index (χ3v) is 4.95. The van der Waals surface area contributed by atoms with Gasteiger partial charge in [-0.2, -0.15) is 13.2 Å². The van der Waals surface area contributed by atoms with E-state index < -0.39 is 11.7 Å². The van der Waals surface area contributed by atoms with Crippen molar-refractivity contribution in [3.63, 3.8) is 0 Å². The SMILES string of the molecule is O=C(c1cccc(C(F)(F)F)c1)N1CCC(c2nnc(C3CC3)o2)CC1. The lowest BCUT2D eigenvalue weighted by atomic mass is 9.96. The predicted molar refractivity (Wildman–Crippen MR) is 85.6 cm³/mol. The van der Waals surface area contributed by atoms with Crippen molar-refractivity contribution in [1.29, 1.82) is 0 Å². The predicted octanol–water partition coefficient (Wildman–Crippen LogP) is 3.99. The number of alkyl halides is 3. The second kappa shape index (κ2) is 6.41. The molecule has 1 aliphatic carbocycles. The number of halogens is 3. The Bertz CT molecular complexity index is 806. The van der Waals surface area contributed by atoms with Crippen LogP contribution >= 0.6 is 0 Å². The fourth-order valence-electron chi connectivity index (χ4n) is 3.25. The first kappa shape index (κ1) is 17.1. The van der Waals surface area contributed by atoms with E-state index in [1.165, 1.54) is 12.1 Å². The van der Waals surface area contributed by atoms with Crippen molar-refractivity contribution in [2.24, 2.45) is 0 Å². The first-order valence-electron chi connectivity index (χ1n) is 8.71. The molecule has 1 amide bonds. The van der Waals surface area contributed by atoms with E-state index in [1.807, 2.05) is 0 Å². The Hall–Kier alpha value is -2.38. The topological polar surface area (TPSA) is 59.2 Å². The van der Waals surface area contributed by atoms with Gasteiger partial charge in [-0.15, -0.1) is 10.2 Å². The van der Waals surface area contributed by atoms with E-state index in [1.54, 1.807) is 4.90 Å². The number of hydrogen-bond acceptors (Lipinski definition) is 4. The Labute approximate surface area is 148 Å². The summed E-state index contributed by atoms with van der Waals surface area (Å²) >= 11 is 0. The molecule has 0 N–H and O–H groups in total. The monoisotopic (exact) mass is 365 g/mol. The fraction of sp³-hybridized carbons (Fsp3) is 0.500. The number of aromatic nitrogens is 2. The average Bonchev–Trinajstić information content (AvgIpc) is 3.38. The molecule has 138 valence electrons. The summed E-state index contributed by atoms with van der Waals surface area (Å²) in [5.74, 6) is 1.43. The molecule has 2 fully saturated rings. The molecule has 2 heterocycles. The number of rotatable bonds is 3. The quantitative estimate of drug-likeness (QED) is 0.825. The van der Waals surface area contributed by atoms with Gasteiger partial charge in [-0.1, -0.05) is 6.07 Å². The van der Waals surface area contributed by atoms with Crippen LogP contribution in [-0.2, 0) is 6.18 Å². The van der Waals surface area contributed by atoms with Gasteiger partial charge in [0.15, 0.2) is 0 Å². The molecular formula is C18H18F3N3O2. The van der Waals surface area contributed by atoms with Gasteiger partial charge < -0.3 is 9.32 Å². The number of hydrogen-bond donors (Lipinski definition) is 0. The number of piperidine rings is 1. The van der Waals surface area contributed by atoms with E-state index in [0.717, 1.165) is 25.0 Å². The average molecular weight is 365 g/mol. The normalized spacial score (nSPS) is 19.0. The van der Waals surface area contributed by atoms with Gasteiger partial charge in [0.05, 0.1) is 5.56 Å². The van der Waals surface area contributed by atoms with Crippen LogP contribution in [0.2, 0.25) is 0 Å². The van der Waals surface area contributed by atoms with Gasteiger partial charge in [-0.25, -0.2) is 0 Å². The van der Waals surface area contributed by atoms with E-state index in [4.69, 9.17) is 4.42 Å². The van der Waals surface area contributed by atoms with Crippen LogP contribution < -0.4 is 0 Å². The van der Waals surface area contributed by atoms with Crippen molar-refractivity contribution in [2.45, 2.75) is 43.7 Å². The summed E-state index contributed by atoms with van der Waals surface area (Å²) in [6.07, 6.45) is -0.953. The van der Waals surface area contributed by atoms with Gasteiger partial charge in [0.1, 0.15) is 0 Å². The minimum Gasteiger partial charge on any atom is -0.425 e. The van der Waals surface area contributed by atoms with Crippen molar-refractivity contribution >= 4 is 5.91 Å². The van der Waals surface area contributed by atoms with E-state index in [2.05, 4.69) is 10.2 Å². The lowest BCUT2D eigenvalue weighted by Crippen LogP contribution is -2.38. The standard InChI is InChI=1S/C18H18F3N3O2/c19-18(20,21)14-3-1-2-13(10-14)17(25)24-8-6-12(7-9-24)16-23-22-15(26-16)11-4-5-11/h1-3,10-12H,4-9H2. The molecule has 2 aliphatic rings. The molecule has 0 spiro atoms. The molecule has 8 heteroatoms. The van der Waals surface area contributed by atoms with Gasteiger partial charge in [0, 0.05) is 30.5 Å². The van der Waals surface area contributed by atoms with Gasteiger partial charge in [-0.05, 0) is 43.9 Å². The van der Waals surface area contributed by atoms with E-state index in [0.29, 0.717) is 43.6 Å². The van der Waals surface area contributed by atoms with Crippen molar-refractivity contribution in [1.82, 2.24) is 15.1 Å². The molecule has 1 saturated carbocycles. The van der Waals surface area contributed by atoms with Gasteiger partial charge >= 0.3 is 6.18 Å². The molecule has 0 atom stereocenters. The van der Waals surface area contributed by atoms with E-state index in [9.17, 15) is 18.0 Å². The summed E-state index contributed by atoms with van der Waals surface area (Å²) in [5, 5.41) is 8.21. The molecule has 1 aromatic heterocycles. The minimum absolute atomic E-state index is 0.0621. The van der Waals surface area contributed by atoms with Crippen LogP contribution in [0.15, 0.2) is 28.7 Å². The Kier molecular flexibility index (Phi) is 4.20. The van der Waals surface area contributed by atoms with Gasteiger partial charge in [0.25, 0.3) is 5.91 Å². The molecule has 4 rings (SSSR count). The molecule has 2 aromatic rings. The maximum absolute atomic E-state index is 12.8. The van der Waals surface area contributed by atoms with Crippen molar-refractivity contribution < 1.29 is 22.4 Å². The number of amides is 1. The van der Waals surface area contributed by atoms with Crippen LogP contribution in [-0.4, -0.2) is 34.1 Å². The van der Waals surface area contributed by atoms with Crippen molar-refractivity contribution in [2.75, 3.05) is 13.1 Å². The fourth-order valence-corrected chi connectivity index (χ4v) is 3.25. The highest BCUT2D eigenvalue weighted by molar-refractivity contribution is 5.94. The second-order valence-electron chi connectivity index (χ2n) is 6.90. The summed E-state index contributed by atoms with van der Waals surface area (Å²) in [7, 11) is 0. The summed E-state index contributed by atoms with van der Waals surface area (Å²) < 4.78 is 44.2. The smallest absolute Gasteiger partial charge is 0.416 e. The summed E-state index contributed by atoms with van der Waals surface area (Å²) in [5.41, 5.74) is -0.746. The summed E-state index contributed by atoms with van der Waals surface area (Å²) in [6, 6.07) is 4.56. The molecule has 1 saturated heterocycles. The second-order valence-corrected chi connectivity index (χ2v) is 6.90.